The molecule has 1 aliphatic rings. The number of hydrogen-bond acceptors (Lipinski definition) is 3. The van der Waals surface area contributed by atoms with Crippen molar-refractivity contribution >= 4 is 5.91 Å². The van der Waals surface area contributed by atoms with E-state index in [1.165, 1.54) is 0 Å². The van der Waals surface area contributed by atoms with E-state index in [-0.39, 0.29) is 23.0 Å². The van der Waals surface area contributed by atoms with Crippen LogP contribution in [0, 0.1) is 5.92 Å². The molecule has 0 aliphatic heterocycles. The summed E-state index contributed by atoms with van der Waals surface area (Å²) in [6.07, 6.45) is 2.86. The van der Waals surface area contributed by atoms with Crippen molar-refractivity contribution in [1.29, 1.82) is 0 Å². The highest BCUT2D eigenvalue weighted by Gasteiger charge is 2.44. The van der Waals surface area contributed by atoms with Crippen molar-refractivity contribution in [1.82, 2.24) is 10.2 Å². The van der Waals surface area contributed by atoms with Crippen LogP contribution in [0.4, 0.5) is 0 Å². The highest BCUT2D eigenvalue weighted by atomic mass is 16.5. The van der Waals surface area contributed by atoms with Crippen molar-refractivity contribution in [3.63, 3.8) is 0 Å². The molecule has 1 aliphatic carbocycles. The predicted molar refractivity (Wildman–Crippen MR) is 73.5 cm³/mol. The van der Waals surface area contributed by atoms with E-state index in [9.17, 15) is 4.79 Å². The molecule has 4 nitrogen and oxygen atoms in total. The van der Waals surface area contributed by atoms with E-state index in [1.807, 2.05) is 0 Å². The molecule has 106 valence electrons. The number of rotatable bonds is 4. The van der Waals surface area contributed by atoms with Gasteiger partial charge in [-0.1, -0.05) is 0 Å². The Labute approximate surface area is 111 Å². The van der Waals surface area contributed by atoms with Gasteiger partial charge in [0.2, 0.25) is 5.91 Å². The van der Waals surface area contributed by atoms with Gasteiger partial charge in [-0.25, -0.2) is 0 Å². The van der Waals surface area contributed by atoms with E-state index in [0.29, 0.717) is 6.61 Å². The molecular weight excluding hydrogens is 228 g/mol. The molecule has 18 heavy (non-hydrogen) atoms. The smallest absolute Gasteiger partial charge is 0.222 e. The summed E-state index contributed by atoms with van der Waals surface area (Å²) in [5.74, 6) is 0.287. The average Bonchev–Trinajstić information content (AvgIpc) is 2.70. The first-order valence-corrected chi connectivity index (χ1v) is 6.73. The number of amides is 1. The van der Waals surface area contributed by atoms with E-state index in [4.69, 9.17) is 4.74 Å². The number of likely N-dealkylation sites (N-methyl/N-ethyl adjacent to an activating group) is 1. The van der Waals surface area contributed by atoms with Crippen molar-refractivity contribution in [3.8, 4) is 0 Å². The van der Waals surface area contributed by atoms with Gasteiger partial charge in [0, 0.05) is 18.5 Å². The van der Waals surface area contributed by atoms with E-state index in [2.05, 4.69) is 45.1 Å². The zero-order chi connectivity index (χ0) is 14.0. The molecule has 1 saturated carbocycles. The van der Waals surface area contributed by atoms with Gasteiger partial charge < -0.3 is 15.0 Å². The van der Waals surface area contributed by atoms with Gasteiger partial charge in [-0.3, -0.25) is 4.79 Å². The first-order chi connectivity index (χ1) is 8.20. The van der Waals surface area contributed by atoms with E-state index in [0.717, 1.165) is 19.3 Å². The van der Waals surface area contributed by atoms with Crippen molar-refractivity contribution < 1.29 is 9.53 Å². The molecule has 1 rings (SSSR count). The van der Waals surface area contributed by atoms with Crippen LogP contribution in [0.5, 0.6) is 0 Å². The van der Waals surface area contributed by atoms with Crippen molar-refractivity contribution in [3.05, 3.63) is 0 Å². The zero-order valence-corrected chi connectivity index (χ0v) is 12.7. The summed E-state index contributed by atoms with van der Waals surface area (Å²) in [7, 11) is 5.88. The average molecular weight is 256 g/mol. The fourth-order valence-electron chi connectivity index (χ4n) is 2.55. The van der Waals surface area contributed by atoms with Gasteiger partial charge in [-0.15, -0.1) is 0 Å². The summed E-state index contributed by atoms with van der Waals surface area (Å²) in [5, 5.41) is 2.76. The van der Waals surface area contributed by atoms with Gasteiger partial charge >= 0.3 is 0 Å². The van der Waals surface area contributed by atoms with Crippen LogP contribution < -0.4 is 5.32 Å². The van der Waals surface area contributed by atoms with Crippen molar-refractivity contribution in [2.75, 3.05) is 27.7 Å². The van der Waals surface area contributed by atoms with Gasteiger partial charge in [0.05, 0.1) is 12.2 Å². The quantitative estimate of drug-likeness (QED) is 0.831. The summed E-state index contributed by atoms with van der Waals surface area (Å²) in [6, 6.07) is 0. The van der Waals surface area contributed by atoms with Gasteiger partial charge in [0.25, 0.3) is 0 Å². The standard InChI is InChI=1S/C14H28N2O2/c1-13(2,3)18-10-14(16(5)6)8-7-11(9-14)12(17)15-4/h11H,7-10H2,1-6H3,(H,15,17). The Morgan fingerprint density at radius 1 is 1.44 bits per heavy atom. The number of carbonyl (C=O) groups is 1. The summed E-state index contributed by atoms with van der Waals surface area (Å²) in [6.45, 7) is 6.90. The maximum Gasteiger partial charge on any atom is 0.222 e. The fourth-order valence-corrected chi connectivity index (χ4v) is 2.55. The van der Waals surface area contributed by atoms with Crippen molar-refractivity contribution in [2.45, 2.75) is 51.2 Å². The molecule has 0 saturated heterocycles. The molecule has 2 unspecified atom stereocenters. The minimum atomic E-state index is -0.131. The third kappa shape index (κ3) is 3.69. The lowest BCUT2D eigenvalue weighted by Crippen LogP contribution is -2.48. The molecule has 2 atom stereocenters. The first kappa shape index (κ1) is 15.4. The highest BCUT2D eigenvalue weighted by Crippen LogP contribution is 2.39. The largest absolute Gasteiger partial charge is 0.374 e. The maximum atomic E-state index is 11.8. The predicted octanol–water partition coefficient (Wildman–Crippen LogP) is 1.65. The van der Waals surface area contributed by atoms with Crippen molar-refractivity contribution in [2.24, 2.45) is 5.92 Å². The molecule has 0 aromatic heterocycles. The Bertz CT molecular complexity index is 297. The molecule has 0 aromatic rings. The van der Waals surface area contributed by atoms with Gasteiger partial charge in [0.1, 0.15) is 0 Å². The Hall–Kier alpha value is -0.610. The van der Waals surface area contributed by atoms with Gasteiger partial charge in [-0.05, 0) is 54.1 Å². The lowest BCUT2D eigenvalue weighted by atomic mass is 9.94. The molecule has 1 amide bonds. The van der Waals surface area contributed by atoms with Crippen LogP contribution in [0.3, 0.4) is 0 Å². The minimum Gasteiger partial charge on any atom is -0.374 e. The zero-order valence-electron chi connectivity index (χ0n) is 12.7. The molecule has 1 N–H and O–H groups in total. The van der Waals surface area contributed by atoms with Crippen LogP contribution in [-0.4, -0.2) is 49.7 Å². The number of ether oxygens (including phenoxy) is 1. The second-order valence-electron chi connectivity index (χ2n) is 6.57. The molecule has 0 radical (unpaired) electrons. The molecule has 4 heteroatoms. The third-order valence-electron chi connectivity index (χ3n) is 3.92. The monoisotopic (exact) mass is 256 g/mol. The molecule has 1 fully saturated rings. The number of nitrogens with zero attached hydrogens (tertiary/aromatic N) is 1. The fraction of sp³-hybridized carbons (Fsp3) is 0.929. The van der Waals surface area contributed by atoms with Crippen LogP contribution in [0.1, 0.15) is 40.0 Å². The summed E-state index contributed by atoms with van der Waals surface area (Å²) in [4.78, 5) is 14.0. The number of hydrogen-bond donors (Lipinski definition) is 1. The van der Waals surface area contributed by atoms with Gasteiger partial charge in [0.15, 0.2) is 0 Å². The van der Waals surface area contributed by atoms with Crippen LogP contribution in [0.2, 0.25) is 0 Å². The maximum absolute atomic E-state index is 11.8. The third-order valence-corrected chi connectivity index (χ3v) is 3.92. The van der Waals surface area contributed by atoms with Gasteiger partial charge in [-0.2, -0.15) is 0 Å². The minimum absolute atomic E-state index is 0.00442. The highest BCUT2D eigenvalue weighted by molar-refractivity contribution is 5.78. The molecule has 0 aromatic carbocycles. The van der Waals surface area contributed by atoms with E-state index < -0.39 is 0 Å². The Kier molecular flexibility index (Phi) is 4.78. The number of nitrogens with one attached hydrogen (secondary N) is 1. The Balaban J connectivity index is 2.70. The second-order valence-corrected chi connectivity index (χ2v) is 6.57. The van der Waals surface area contributed by atoms with Crippen LogP contribution in [0.15, 0.2) is 0 Å². The molecule has 0 bridgehead atoms. The van der Waals surface area contributed by atoms with E-state index in [1.54, 1.807) is 7.05 Å². The Morgan fingerprint density at radius 2 is 2.06 bits per heavy atom. The normalized spacial score (nSPS) is 28.7. The first-order valence-electron chi connectivity index (χ1n) is 6.73. The molecule has 0 spiro atoms. The van der Waals surface area contributed by atoms with Crippen LogP contribution in [-0.2, 0) is 9.53 Å². The lowest BCUT2D eigenvalue weighted by molar-refractivity contribution is -0.124. The van der Waals surface area contributed by atoms with Crippen LogP contribution in [0.25, 0.3) is 0 Å². The molecule has 0 heterocycles. The van der Waals surface area contributed by atoms with E-state index >= 15 is 0 Å². The summed E-state index contributed by atoms with van der Waals surface area (Å²) >= 11 is 0. The second kappa shape index (κ2) is 5.57. The van der Waals surface area contributed by atoms with Crippen LogP contribution >= 0.6 is 0 Å². The number of carbonyl (C=O) groups excluding carboxylic acids is 1. The SMILES string of the molecule is CNC(=O)C1CCC(COC(C)(C)C)(N(C)C)C1. The lowest BCUT2D eigenvalue weighted by Gasteiger charge is -2.38. The summed E-state index contributed by atoms with van der Waals surface area (Å²) < 4.78 is 5.97. The molecular formula is C14H28N2O2. The topological polar surface area (TPSA) is 41.6 Å². The Morgan fingerprint density at radius 3 is 2.50 bits per heavy atom. The summed E-state index contributed by atoms with van der Waals surface area (Å²) in [5.41, 5.74) is -0.126.